The molecule has 1 saturated carbocycles. The zero-order chi connectivity index (χ0) is 19.3. The molecule has 2 rings (SSSR count). The van der Waals surface area contributed by atoms with Crippen molar-refractivity contribution in [3.05, 3.63) is 29.3 Å². The number of carbonyl (C=O) groups is 3. The summed E-state index contributed by atoms with van der Waals surface area (Å²) in [7, 11) is -3.99. The summed E-state index contributed by atoms with van der Waals surface area (Å²) in [5.41, 5.74) is 0. The molecule has 1 aliphatic carbocycles. The molecule has 3 amide bonds. The number of nitrogens with one attached hydrogen (secondary N) is 3. The molecule has 1 aromatic carbocycles. The molecule has 11 heteroatoms. The fraction of sp³-hybridized carbons (Fsp3) is 0.400. The molecule has 26 heavy (non-hydrogen) atoms. The van der Waals surface area contributed by atoms with Crippen molar-refractivity contribution in [2.45, 2.75) is 36.7 Å². The Balaban J connectivity index is 1.81. The van der Waals surface area contributed by atoms with Gasteiger partial charge in [-0.2, -0.15) is 4.72 Å². The standard InChI is InChI=1S/C15H18ClN3O6S/c1-9(19-26(23,24)12-4-2-3-10(16)7-12)14(21)25-8-13(20)18-15(22)17-11-5-6-11/h2-4,7,9,11,19H,5-6,8H2,1H3,(H2,17,18,20,22)/t9-/m0/s1. The number of urea groups is 1. The Hall–Kier alpha value is -2.17. The number of halogens is 1. The quantitative estimate of drug-likeness (QED) is 0.569. The summed E-state index contributed by atoms with van der Waals surface area (Å²) < 4.78 is 31.2. The van der Waals surface area contributed by atoms with Crippen LogP contribution in [0, 0.1) is 0 Å². The number of sulfonamides is 1. The van der Waals surface area contributed by atoms with E-state index in [1.807, 2.05) is 5.32 Å². The fourth-order valence-corrected chi connectivity index (χ4v) is 3.35. The van der Waals surface area contributed by atoms with Gasteiger partial charge in [0.15, 0.2) is 6.61 Å². The Kier molecular flexibility index (Phi) is 6.57. The first kappa shape index (κ1) is 20.1. The molecular formula is C15H18ClN3O6S. The smallest absolute Gasteiger partial charge is 0.324 e. The van der Waals surface area contributed by atoms with Gasteiger partial charge in [-0.25, -0.2) is 13.2 Å². The molecule has 142 valence electrons. The van der Waals surface area contributed by atoms with Gasteiger partial charge in [0, 0.05) is 11.1 Å². The normalized spacial score (nSPS) is 15.0. The first-order valence-corrected chi connectivity index (χ1v) is 9.58. The number of esters is 1. The summed E-state index contributed by atoms with van der Waals surface area (Å²) in [5.74, 6) is -1.78. The van der Waals surface area contributed by atoms with Gasteiger partial charge < -0.3 is 10.1 Å². The largest absolute Gasteiger partial charge is 0.454 e. The number of imide groups is 1. The van der Waals surface area contributed by atoms with E-state index in [2.05, 4.69) is 10.0 Å². The molecule has 1 atom stereocenters. The maximum absolute atomic E-state index is 12.2. The van der Waals surface area contributed by atoms with E-state index in [1.165, 1.54) is 31.2 Å². The molecule has 0 spiro atoms. The number of amides is 3. The van der Waals surface area contributed by atoms with Crippen molar-refractivity contribution in [1.29, 1.82) is 0 Å². The lowest BCUT2D eigenvalue weighted by Crippen LogP contribution is -2.44. The lowest BCUT2D eigenvalue weighted by atomic mass is 10.4. The van der Waals surface area contributed by atoms with Crippen molar-refractivity contribution in [1.82, 2.24) is 15.4 Å². The minimum Gasteiger partial charge on any atom is -0.454 e. The number of hydrogen-bond donors (Lipinski definition) is 3. The molecule has 0 saturated heterocycles. The van der Waals surface area contributed by atoms with Crippen LogP contribution in [0.1, 0.15) is 19.8 Å². The molecule has 9 nitrogen and oxygen atoms in total. The van der Waals surface area contributed by atoms with Gasteiger partial charge in [0.05, 0.1) is 4.90 Å². The number of hydrogen-bond acceptors (Lipinski definition) is 6. The topological polar surface area (TPSA) is 131 Å². The third-order valence-electron chi connectivity index (χ3n) is 3.30. The average molecular weight is 404 g/mol. The highest BCUT2D eigenvalue weighted by Gasteiger charge is 2.25. The zero-order valence-corrected chi connectivity index (χ0v) is 15.4. The van der Waals surface area contributed by atoms with E-state index in [1.54, 1.807) is 0 Å². The van der Waals surface area contributed by atoms with Crippen LogP contribution in [0.15, 0.2) is 29.2 Å². The number of rotatable bonds is 7. The van der Waals surface area contributed by atoms with E-state index >= 15 is 0 Å². The van der Waals surface area contributed by atoms with Crippen LogP contribution < -0.4 is 15.4 Å². The van der Waals surface area contributed by atoms with Gasteiger partial charge in [0.2, 0.25) is 10.0 Å². The molecule has 1 aliphatic rings. The Bertz CT molecular complexity index is 809. The molecule has 0 aromatic heterocycles. The summed E-state index contributed by atoms with van der Waals surface area (Å²) in [4.78, 5) is 34.6. The summed E-state index contributed by atoms with van der Waals surface area (Å²) >= 11 is 5.75. The van der Waals surface area contributed by atoms with E-state index in [-0.39, 0.29) is 16.0 Å². The van der Waals surface area contributed by atoms with E-state index in [4.69, 9.17) is 16.3 Å². The zero-order valence-electron chi connectivity index (χ0n) is 13.8. The maximum Gasteiger partial charge on any atom is 0.324 e. The minimum absolute atomic E-state index is 0.0752. The predicted octanol–water partition coefficient (Wildman–Crippen LogP) is 0.538. The Morgan fingerprint density at radius 2 is 2.00 bits per heavy atom. The van der Waals surface area contributed by atoms with Crippen LogP contribution in [-0.2, 0) is 24.3 Å². The Morgan fingerprint density at radius 3 is 2.62 bits per heavy atom. The lowest BCUT2D eigenvalue weighted by molar-refractivity contribution is -0.149. The van der Waals surface area contributed by atoms with Crippen LogP contribution >= 0.6 is 11.6 Å². The summed E-state index contributed by atoms with van der Waals surface area (Å²) in [6, 6.07) is 3.68. The van der Waals surface area contributed by atoms with Crippen LogP contribution in [-0.4, -0.2) is 45.0 Å². The molecule has 3 N–H and O–H groups in total. The van der Waals surface area contributed by atoms with E-state index in [9.17, 15) is 22.8 Å². The monoisotopic (exact) mass is 403 g/mol. The van der Waals surface area contributed by atoms with Gasteiger partial charge in [0.25, 0.3) is 5.91 Å². The molecule has 0 heterocycles. The number of carbonyl (C=O) groups excluding carboxylic acids is 3. The van der Waals surface area contributed by atoms with Crippen molar-refractivity contribution in [3.63, 3.8) is 0 Å². The molecular weight excluding hydrogens is 386 g/mol. The highest BCUT2D eigenvalue weighted by Crippen LogP contribution is 2.18. The third-order valence-corrected chi connectivity index (χ3v) is 5.08. The van der Waals surface area contributed by atoms with Crippen molar-refractivity contribution in [2.24, 2.45) is 0 Å². The van der Waals surface area contributed by atoms with Crippen molar-refractivity contribution >= 4 is 39.5 Å². The van der Waals surface area contributed by atoms with E-state index in [0.29, 0.717) is 0 Å². The molecule has 0 unspecified atom stereocenters. The number of benzene rings is 1. The molecule has 0 bridgehead atoms. The second-order valence-electron chi connectivity index (χ2n) is 5.70. The fourth-order valence-electron chi connectivity index (χ4n) is 1.86. The van der Waals surface area contributed by atoms with Gasteiger partial charge in [-0.3, -0.25) is 14.9 Å². The predicted molar refractivity (Wildman–Crippen MR) is 91.9 cm³/mol. The molecule has 0 aliphatic heterocycles. The first-order chi connectivity index (χ1) is 12.2. The highest BCUT2D eigenvalue weighted by atomic mass is 35.5. The SMILES string of the molecule is C[C@H](NS(=O)(=O)c1cccc(Cl)c1)C(=O)OCC(=O)NC(=O)NC1CC1. The van der Waals surface area contributed by atoms with Crippen LogP contribution in [0.5, 0.6) is 0 Å². The van der Waals surface area contributed by atoms with E-state index in [0.717, 1.165) is 12.8 Å². The van der Waals surface area contributed by atoms with E-state index < -0.39 is 40.6 Å². The van der Waals surface area contributed by atoms with Crippen molar-refractivity contribution in [2.75, 3.05) is 6.61 Å². The lowest BCUT2D eigenvalue weighted by Gasteiger charge is -2.14. The second kappa shape index (κ2) is 8.47. The molecule has 1 fully saturated rings. The Labute approximate surface area is 155 Å². The van der Waals surface area contributed by atoms with Gasteiger partial charge in [-0.15, -0.1) is 0 Å². The summed E-state index contributed by atoms with van der Waals surface area (Å²) in [6.45, 7) is 0.558. The summed E-state index contributed by atoms with van der Waals surface area (Å²) in [6.07, 6.45) is 1.72. The van der Waals surface area contributed by atoms with Gasteiger partial charge in [-0.1, -0.05) is 17.7 Å². The average Bonchev–Trinajstić information content (AvgIpc) is 3.35. The second-order valence-corrected chi connectivity index (χ2v) is 7.85. The molecule has 0 radical (unpaired) electrons. The van der Waals surface area contributed by atoms with Gasteiger partial charge in [0.1, 0.15) is 6.04 Å². The van der Waals surface area contributed by atoms with Crippen LogP contribution in [0.25, 0.3) is 0 Å². The maximum atomic E-state index is 12.2. The highest BCUT2D eigenvalue weighted by molar-refractivity contribution is 7.89. The number of ether oxygens (including phenoxy) is 1. The van der Waals surface area contributed by atoms with Crippen LogP contribution in [0.3, 0.4) is 0 Å². The first-order valence-electron chi connectivity index (χ1n) is 7.72. The van der Waals surface area contributed by atoms with Crippen molar-refractivity contribution in [3.8, 4) is 0 Å². The van der Waals surface area contributed by atoms with Crippen molar-refractivity contribution < 1.29 is 27.5 Å². The summed E-state index contributed by atoms with van der Waals surface area (Å²) in [5, 5.41) is 4.77. The van der Waals surface area contributed by atoms with Gasteiger partial charge in [-0.05, 0) is 38.0 Å². The minimum atomic E-state index is -3.99. The molecule has 1 aromatic rings. The van der Waals surface area contributed by atoms with Crippen LogP contribution in [0.2, 0.25) is 5.02 Å². The van der Waals surface area contributed by atoms with Crippen LogP contribution in [0.4, 0.5) is 4.79 Å². The third kappa shape index (κ3) is 6.28. The van der Waals surface area contributed by atoms with Gasteiger partial charge >= 0.3 is 12.0 Å². The Morgan fingerprint density at radius 1 is 1.31 bits per heavy atom.